The average molecular weight is 336 g/mol. The van der Waals surface area contributed by atoms with Gasteiger partial charge in [0, 0.05) is 0 Å². The summed E-state index contributed by atoms with van der Waals surface area (Å²) in [6.45, 7) is 0. The maximum atomic E-state index is 12.3. The van der Waals surface area contributed by atoms with E-state index < -0.39 is 5.92 Å². The first-order chi connectivity index (χ1) is 9.60. The Kier molecular flexibility index (Phi) is 5.56. The first-order valence-corrected chi connectivity index (χ1v) is 8.13. The zero-order valence-electron chi connectivity index (χ0n) is 11.1. The second-order valence-electron chi connectivity index (χ2n) is 4.74. The summed E-state index contributed by atoms with van der Waals surface area (Å²) in [5.74, 6) is -0.739. The van der Waals surface area contributed by atoms with Gasteiger partial charge in [-0.1, -0.05) is 0 Å². The van der Waals surface area contributed by atoms with E-state index in [-0.39, 0.29) is 12.2 Å². The molecule has 0 saturated carbocycles. The Balaban J connectivity index is 2.15. The Morgan fingerprint density at radius 3 is 2.30 bits per heavy atom. The number of benzene rings is 2. The third-order valence-corrected chi connectivity index (χ3v) is 4.35. The predicted octanol–water partition coefficient (Wildman–Crippen LogP) is 2.66. The monoisotopic (exact) mass is 335 g/mol. The van der Waals surface area contributed by atoms with Gasteiger partial charge in [-0.3, -0.25) is 0 Å². The molecule has 0 fully saturated rings. The first kappa shape index (κ1) is 15.5. The quantitative estimate of drug-likeness (QED) is 0.806. The van der Waals surface area contributed by atoms with Crippen LogP contribution in [0.5, 0.6) is 0 Å². The van der Waals surface area contributed by atoms with E-state index in [1.54, 1.807) is 0 Å². The molecule has 0 saturated heterocycles. The van der Waals surface area contributed by atoms with Crippen molar-refractivity contribution < 1.29 is 4.79 Å². The molecule has 2 aromatic rings. The van der Waals surface area contributed by atoms with Crippen molar-refractivity contribution in [3.8, 4) is 6.07 Å². The van der Waals surface area contributed by atoms with Crippen LogP contribution in [0.1, 0.15) is 17.0 Å². The van der Waals surface area contributed by atoms with Crippen molar-refractivity contribution in [3.63, 3.8) is 0 Å². The fourth-order valence-corrected chi connectivity index (χ4v) is 2.59. The Hall–Kier alpha value is -0.920. The van der Waals surface area contributed by atoms with Crippen LogP contribution in [0.4, 0.5) is 0 Å². The Morgan fingerprint density at radius 1 is 1.15 bits per heavy atom. The summed E-state index contributed by atoms with van der Waals surface area (Å²) in [4.78, 5) is 12.3. The number of Topliss-reactive ketones (excluding diaryl/α,β-unsaturated/α-hetero) is 1. The summed E-state index contributed by atoms with van der Waals surface area (Å²) in [7, 11) is 0. The molecule has 0 aliphatic heterocycles. The molecule has 2 aromatic carbocycles. The Morgan fingerprint density at radius 2 is 1.75 bits per heavy atom. The van der Waals surface area contributed by atoms with E-state index in [9.17, 15) is 10.1 Å². The molecule has 0 bridgehead atoms. The third kappa shape index (κ3) is 4.04. The fraction of sp³-hybridized carbons (Fsp3) is 0.125. The van der Waals surface area contributed by atoms with Gasteiger partial charge in [0.25, 0.3) is 0 Å². The van der Waals surface area contributed by atoms with Gasteiger partial charge < -0.3 is 0 Å². The number of carbonyl (C=O) groups excluding carboxylic acids is 1. The molecule has 1 atom stereocenters. The SMILES string of the molecule is N#CC(C(=O)Cc1ccc(Br)cc1)c1cc[c]([Na])cc1. The number of carbonyl (C=O) groups is 1. The van der Waals surface area contributed by atoms with Crippen LogP contribution >= 0.6 is 15.9 Å². The summed E-state index contributed by atoms with van der Waals surface area (Å²) in [6, 6.07) is 17.5. The van der Waals surface area contributed by atoms with Gasteiger partial charge in [-0.15, -0.1) is 0 Å². The number of nitrogens with zero attached hydrogens (tertiary/aromatic N) is 1. The summed E-state index contributed by atoms with van der Waals surface area (Å²) in [5, 5.41) is 9.27. The predicted molar refractivity (Wildman–Crippen MR) is 83.0 cm³/mol. The van der Waals surface area contributed by atoms with Crippen LogP contribution in [0.3, 0.4) is 0 Å². The number of hydrogen-bond acceptors (Lipinski definition) is 2. The number of nitriles is 1. The molecule has 0 aromatic heterocycles. The standard InChI is InChI=1S/C16H11BrNO.Na/c17-14-8-6-12(7-9-14)10-16(19)15(11-18)13-4-2-1-3-5-13;/h2-9,15H,10H2;. The summed E-state index contributed by atoms with van der Waals surface area (Å²) in [6.07, 6.45) is 0.286. The fourth-order valence-electron chi connectivity index (χ4n) is 2.00. The number of hydrogen-bond donors (Lipinski definition) is 0. The van der Waals surface area contributed by atoms with E-state index in [0.717, 1.165) is 43.5 Å². The van der Waals surface area contributed by atoms with E-state index in [1.165, 1.54) is 2.81 Å². The molecule has 0 radical (unpaired) electrons. The van der Waals surface area contributed by atoms with Crippen LogP contribution in [0.25, 0.3) is 0 Å². The number of rotatable bonds is 4. The molecule has 2 nitrogen and oxygen atoms in total. The molecule has 0 N–H and O–H groups in total. The average Bonchev–Trinajstić information content (AvgIpc) is 2.44. The topological polar surface area (TPSA) is 40.9 Å². The van der Waals surface area contributed by atoms with Crippen molar-refractivity contribution in [2.24, 2.45) is 0 Å². The summed E-state index contributed by atoms with van der Waals surface area (Å²) >= 11 is 4.34. The molecule has 20 heavy (non-hydrogen) atoms. The number of halogens is 1. The van der Waals surface area contributed by atoms with Crippen LogP contribution in [-0.4, -0.2) is 33.7 Å². The summed E-state index contributed by atoms with van der Waals surface area (Å²) in [5.41, 5.74) is 1.71. The van der Waals surface area contributed by atoms with Crippen molar-refractivity contribution in [1.29, 1.82) is 5.26 Å². The molecular weight excluding hydrogens is 325 g/mol. The van der Waals surface area contributed by atoms with Gasteiger partial charge in [0.1, 0.15) is 0 Å². The van der Waals surface area contributed by atoms with Gasteiger partial charge in [-0.25, -0.2) is 0 Å². The van der Waals surface area contributed by atoms with Gasteiger partial charge >= 0.3 is 145 Å². The van der Waals surface area contributed by atoms with E-state index in [4.69, 9.17) is 0 Å². The van der Waals surface area contributed by atoms with Gasteiger partial charge in [0.05, 0.1) is 0 Å². The Bertz CT molecular complexity index is 644. The second-order valence-corrected chi connectivity index (χ2v) is 6.81. The van der Waals surface area contributed by atoms with Crippen LogP contribution in [0.2, 0.25) is 0 Å². The van der Waals surface area contributed by atoms with E-state index in [0.29, 0.717) is 0 Å². The molecule has 0 aliphatic carbocycles. The number of ketones is 1. The zero-order chi connectivity index (χ0) is 14.5. The van der Waals surface area contributed by atoms with Crippen LogP contribution < -0.4 is 2.81 Å². The molecule has 0 heterocycles. The van der Waals surface area contributed by atoms with Crippen LogP contribution in [-0.2, 0) is 11.2 Å². The normalized spacial score (nSPS) is 11.7. The molecule has 0 spiro atoms. The minimum absolute atomic E-state index is 0.0593. The van der Waals surface area contributed by atoms with Crippen molar-refractivity contribution >= 4 is 52.5 Å². The molecule has 0 aliphatic rings. The van der Waals surface area contributed by atoms with E-state index in [1.807, 2.05) is 48.5 Å². The van der Waals surface area contributed by atoms with Gasteiger partial charge in [-0.05, 0) is 0 Å². The summed E-state index contributed by atoms with van der Waals surface area (Å²) < 4.78 is 2.24. The van der Waals surface area contributed by atoms with Gasteiger partial charge in [-0.2, -0.15) is 0 Å². The first-order valence-electron chi connectivity index (χ1n) is 6.33. The second kappa shape index (κ2) is 7.19. The van der Waals surface area contributed by atoms with Crippen LogP contribution in [0.15, 0.2) is 53.0 Å². The van der Waals surface area contributed by atoms with Crippen molar-refractivity contribution in [3.05, 3.63) is 64.1 Å². The van der Waals surface area contributed by atoms with Crippen molar-refractivity contribution in [2.45, 2.75) is 12.3 Å². The third-order valence-electron chi connectivity index (χ3n) is 3.15. The molecule has 1 unspecified atom stereocenters. The van der Waals surface area contributed by atoms with Gasteiger partial charge in [0.15, 0.2) is 0 Å². The molecule has 94 valence electrons. The van der Waals surface area contributed by atoms with Crippen molar-refractivity contribution in [1.82, 2.24) is 0 Å². The molecule has 4 heteroatoms. The van der Waals surface area contributed by atoms with E-state index >= 15 is 0 Å². The molecular formula is C16H11BrNNaO. The maximum absolute atomic E-state index is 12.3. The van der Waals surface area contributed by atoms with Gasteiger partial charge in [0.2, 0.25) is 0 Å². The molecule has 2 rings (SSSR count). The zero-order valence-corrected chi connectivity index (χ0v) is 14.7. The molecule has 0 amide bonds. The minimum atomic E-state index is -0.680. The Labute approximate surface area is 144 Å². The van der Waals surface area contributed by atoms with Crippen LogP contribution in [0, 0.1) is 11.3 Å². The van der Waals surface area contributed by atoms with Crippen molar-refractivity contribution in [2.75, 3.05) is 0 Å². The van der Waals surface area contributed by atoms with E-state index in [2.05, 4.69) is 22.0 Å².